The second-order valence-electron chi connectivity index (χ2n) is 11.4. The fourth-order valence-electron chi connectivity index (χ4n) is 5.36. The Kier molecular flexibility index (Phi) is 11.6. The standard InChI is InChI=1S/C35H38F3N3O3S/c1-24(2)23-41(45(43,44)30-7-4-3-5-8-30)29(22-39)19-20-31-33(38)9-6-10-34(31)40-35(42)21-32(25-11-15-27(36)16-12-25)26-13-17-28(37)18-14-26/h3-18,24,29,32H,19-23,39H2,1-2H3,(H,40,42)/t29-/m0/s1. The number of nitrogens with two attached hydrogens (primary N) is 1. The van der Waals surface area contributed by atoms with Crippen molar-refractivity contribution >= 4 is 21.6 Å². The van der Waals surface area contributed by atoms with Crippen LogP contribution in [0.15, 0.2) is 102 Å². The van der Waals surface area contributed by atoms with Gasteiger partial charge in [0.05, 0.1) is 4.90 Å². The minimum Gasteiger partial charge on any atom is -0.329 e. The van der Waals surface area contributed by atoms with Crippen LogP contribution < -0.4 is 11.1 Å². The monoisotopic (exact) mass is 637 g/mol. The maximum Gasteiger partial charge on any atom is 0.243 e. The molecule has 0 unspecified atom stereocenters. The third-order valence-electron chi connectivity index (χ3n) is 7.63. The van der Waals surface area contributed by atoms with E-state index in [-0.39, 0.29) is 54.4 Å². The Labute approximate surface area is 263 Å². The molecule has 238 valence electrons. The molecule has 0 heterocycles. The average molecular weight is 638 g/mol. The molecule has 0 saturated heterocycles. The number of benzene rings is 4. The van der Waals surface area contributed by atoms with E-state index in [0.29, 0.717) is 11.1 Å². The van der Waals surface area contributed by atoms with Crippen molar-refractivity contribution in [1.82, 2.24) is 4.31 Å². The van der Waals surface area contributed by atoms with Crippen molar-refractivity contribution in [2.24, 2.45) is 11.7 Å². The molecule has 0 saturated carbocycles. The molecule has 0 aliphatic heterocycles. The molecule has 0 bridgehead atoms. The lowest BCUT2D eigenvalue weighted by Gasteiger charge is -2.32. The Hall–Kier alpha value is -3.99. The quantitative estimate of drug-likeness (QED) is 0.158. The van der Waals surface area contributed by atoms with Crippen LogP contribution >= 0.6 is 0 Å². The van der Waals surface area contributed by atoms with Gasteiger partial charge in [-0.1, -0.05) is 62.4 Å². The van der Waals surface area contributed by atoms with Gasteiger partial charge in [0.25, 0.3) is 0 Å². The summed E-state index contributed by atoms with van der Waals surface area (Å²) in [6.07, 6.45) is 0.255. The zero-order valence-electron chi connectivity index (χ0n) is 25.3. The minimum atomic E-state index is -3.88. The molecule has 10 heteroatoms. The third kappa shape index (κ3) is 8.81. The van der Waals surface area contributed by atoms with Crippen molar-refractivity contribution in [3.63, 3.8) is 0 Å². The number of halogens is 3. The fraction of sp³-hybridized carbons (Fsp3) is 0.286. The van der Waals surface area contributed by atoms with Gasteiger partial charge in [0.1, 0.15) is 17.5 Å². The molecule has 0 aliphatic rings. The molecule has 3 N–H and O–H groups in total. The molecule has 4 aromatic rings. The van der Waals surface area contributed by atoms with Crippen molar-refractivity contribution in [2.75, 3.05) is 18.4 Å². The highest BCUT2D eigenvalue weighted by atomic mass is 32.2. The van der Waals surface area contributed by atoms with Gasteiger partial charge in [0.2, 0.25) is 15.9 Å². The minimum absolute atomic E-state index is 0.0102. The Morgan fingerprint density at radius 1 is 0.822 bits per heavy atom. The number of hydrogen-bond donors (Lipinski definition) is 2. The Morgan fingerprint density at radius 3 is 1.93 bits per heavy atom. The molecule has 0 spiro atoms. The van der Waals surface area contributed by atoms with E-state index in [4.69, 9.17) is 5.73 Å². The van der Waals surface area contributed by atoms with Crippen LogP contribution in [-0.4, -0.2) is 37.8 Å². The van der Waals surface area contributed by atoms with Crippen LogP contribution in [0, 0.1) is 23.4 Å². The van der Waals surface area contributed by atoms with Crippen LogP contribution in [-0.2, 0) is 21.2 Å². The van der Waals surface area contributed by atoms with Gasteiger partial charge in [-0.05, 0) is 78.4 Å². The Morgan fingerprint density at radius 2 is 1.40 bits per heavy atom. The number of anilines is 1. The summed E-state index contributed by atoms with van der Waals surface area (Å²) in [5, 5.41) is 2.81. The van der Waals surface area contributed by atoms with Crippen LogP contribution in [0.25, 0.3) is 0 Å². The fourth-order valence-corrected chi connectivity index (χ4v) is 7.21. The summed E-state index contributed by atoms with van der Waals surface area (Å²) in [6, 6.07) is 23.3. The molecule has 0 fully saturated rings. The first-order valence-corrected chi connectivity index (χ1v) is 16.3. The van der Waals surface area contributed by atoms with Crippen LogP contribution in [0.1, 0.15) is 49.3 Å². The number of carbonyl (C=O) groups is 1. The molecule has 6 nitrogen and oxygen atoms in total. The first kappa shape index (κ1) is 33.9. The lowest BCUT2D eigenvalue weighted by Crippen LogP contribution is -2.46. The Bertz CT molecular complexity index is 1620. The van der Waals surface area contributed by atoms with Gasteiger partial charge in [-0.25, -0.2) is 21.6 Å². The van der Waals surface area contributed by atoms with Crippen molar-refractivity contribution in [3.05, 3.63) is 131 Å². The average Bonchev–Trinajstić information content (AvgIpc) is 3.02. The van der Waals surface area contributed by atoms with E-state index in [9.17, 15) is 22.0 Å². The highest BCUT2D eigenvalue weighted by Gasteiger charge is 2.31. The largest absolute Gasteiger partial charge is 0.329 e. The molecule has 1 atom stereocenters. The molecule has 0 aromatic heterocycles. The number of nitrogens with zero attached hydrogens (tertiary/aromatic N) is 1. The first-order chi connectivity index (χ1) is 21.5. The molecular weight excluding hydrogens is 599 g/mol. The van der Waals surface area contributed by atoms with E-state index >= 15 is 4.39 Å². The number of nitrogens with one attached hydrogen (secondary N) is 1. The molecule has 45 heavy (non-hydrogen) atoms. The van der Waals surface area contributed by atoms with Gasteiger partial charge >= 0.3 is 0 Å². The van der Waals surface area contributed by atoms with Crippen molar-refractivity contribution in [3.8, 4) is 0 Å². The van der Waals surface area contributed by atoms with Crippen LogP contribution in [0.4, 0.5) is 18.9 Å². The van der Waals surface area contributed by atoms with E-state index in [1.807, 2.05) is 13.8 Å². The van der Waals surface area contributed by atoms with E-state index < -0.39 is 45.3 Å². The number of amides is 1. The van der Waals surface area contributed by atoms with Crippen molar-refractivity contribution < 1.29 is 26.4 Å². The topological polar surface area (TPSA) is 92.5 Å². The summed E-state index contributed by atoms with van der Waals surface area (Å²) in [5.74, 6) is -2.33. The summed E-state index contributed by atoms with van der Waals surface area (Å²) in [5.41, 5.74) is 7.92. The predicted molar refractivity (Wildman–Crippen MR) is 171 cm³/mol. The van der Waals surface area contributed by atoms with Gasteiger partial charge in [0.15, 0.2) is 0 Å². The predicted octanol–water partition coefficient (Wildman–Crippen LogP) is 6.87. The zero-order chi connectivity index (χ0) is 32.6. The third-order valence-corrected chi connectivity index (χ3v) is 9.56. The smallest absolute Gasteiger partial charge is 0.243 e. The SMILES string of the molecule is CC(C)CN([C@H](CN)CCc1c(F)cccc1NC(=O)CC(c1ccc(F)cc1)c1ccc(F)cc1)S(=O)(=O)c1ccccc1. The molecule has 4 rings (SSSR count). The Balaban J connectivity index is 1.56. The van der Waals surface area contributed by atoms with Crippen molar-refractivity contribution in [2.45, 2.75) is 50.0 Å². The molecule has 1 amide bonds. The van der Waals surface area contributed by atoms with Crippen molar-refractivity contribution in [1.29, 1.82) is 0 Å². The van der Waals surface area contributed by atoms with Gasteiger partial charge in [-0.3, -0.25) is 4.79 Å². The highest BCUT2D eigenvalue weighted by Crippen LogP contribution is 2.30. The summed E-state index contributed by atoms with van der Waals surface area (Å²) in [6.45, 7) is 4.08. The summed E-state index contributed by atoms with van der Waals surface area (Å²) in [4.78, 5) is 13.5. The van der Waals surface area contributed by atoms with Gasteiger partial charge in [0, 0.05) is 42.7 Å². The maximum atomic E-state index is 15.2. The van der Waals surface area contributed by atoms with Crippen LogP contribution in [0.5, 0.6) is 0 Å². The molecule has 0 aliphatic carbocycles. The van der Waals surface area contributed by atoms with E-state index in [0.717, 1.165) is 0 Å². The summed E-state index contributed by atoms with van der Waals surface area (Å²) < 4.78 is 71.2. The van der Waals surface area contributed by atoms with Gasteiger partial charge in [-0.15, -0.1) is 0 Å². The maximum absolute atomic E-state index is 15.2. The van der Waals surface area contributed by atoms with Gasteiger partial charge in [-0.2, -0.15) is 4.31 Å². The number of sulfonamides is 1. The van der Waals surface area contributed by atoms with Gasteiger partial charge < -0.3 is 11.1 Å². The summed E-state index contributed by atoms with van der Waals surface area (Å²) >= 11 is 0. The molecule has 0 radical (unpaired) electrons. The number of hydrogen-bond acceptors (Lipinski definition) is 4. The van der Waals surface area contributed by atoms with E-state index in [1.54, 1.807) is 48.5 Å². The molecule has 4 aromatic carbocycles. The normalized spacial score (nSPS) is 12.6. The number of carbonyl (C=O) groups excluding carboxylic acids is 1. The molecular formula is C35H38F3N3O3S. The van der Waals surface area contributed by atoms with E-state index in [1.165, 1.54) is 52.8 Å². The number of rotatable bonds is 14. The lowest BCUT2D eigenvalue weighted by atomic mass is 9.88. The van der Waals surface area contributed by atoms with Crippen LogP contribution in [0.2, 0.25) is 0 Å². The second kappa shape index (κ2) is 15.3. The highest BCUT2D eigenvalue weighted by molar-refractivity contribution is 7.89. The summed E-state index contributed by atoms with van der Waals surface area (Å²) in [7, 11) is -3.88. The first-order valence-electron chi connectivity index (χ1n) is 14.8. The lowest BCUT2D eigenvalue weighted by molar-refractivity contribution is -0.116. The van der Waals surface area contributed by atoms with E-state index in [2.05, 4.69) is 5.32 Å². The second-order valence-corrected chi connectivity index (χ2v) is 13.3. The zero-order valence-corrected chi connectivity index (χ0v) is 26.1. The van der Waals surface area contributed by atoms with Crippen LogP contribution in [0.3, 0.4) is 0 Å².